The molecule has 0 radical (unpaired) electrons. The summed E-state index contributed by atoms with van der Waals surface area (Å²) in [4.78, 5) is 2.62. The van der Waals surface area contributed by atoms with Gasteiger partial charge in [-0.3, -0.25) is 4.90 Å². The highest BCUT2D eigenvalue weighted by atomic mass is 16.5. The van der Waals surface area contributed by atoms with Crippen LogP contribution in [0.25, 0.3) is 0 Å². The molecule has 0 aromatic carbocycles. The summed E-state index contributed by atoms with van der Waals surface area (Å²) in [6.45, 7) is 6.93. The van der Waals surface area contributed by atoms with E-state index in [0.717, 1.165) is 25.1 Å². The lowest BCUT2D eigenvalue weighted by molar-refractivity contribution is 0.147. The van der Waals surface area contributed by atoms with Crippen LogP contribution < -0.4 is 5.32 Å². The van der Waals surface area contributed by atoms with Gasteiger partial charge in [0.25, 0.3) is 0 Å². The largest absolute Gasteiger partial charge is 0.384 e. The molecule has 2 aliphatic rings. The van der Waals surface area contributed by atoms with Gasteiger partial charge in [0, 0.05) is 32.3 Å². The predicted molar refractivity (Wildman–Crippen MR) is 75.9 cm³/mol. The fraction of sp³-hybridized carbons (Fsp3) is 1.00. The Kier molecular flexibility index (Phi) is 5.93. The van der Waals surface area contributed by atoms with E-state index in [-0.39, 0.29) is 0 Å². The summed E-state index contributed by atoms with van der Waals surface area (Å²) in [6.07, 6.45) is 8.37. The molecular formula is C15H30N2O. The minimum absolute atomic E-state index is 0.675. The van der Waals surface area contributed by atoms with E-state index in [1.54, 1.807) is 0 Å². The van der Waals surface area contributed by atoms with Gasteiger partial charge in [-0.2, -0.15) is 0 Å². The Morgan fingerprint density at radius 1 is 1.22 bits per heavy atom. The molecule has 3 heteroatoms. The lowest BCUT2D eigenvalue weighted by Crippen LogP contribution is -2.43. The number of likely N-dealkylation sites (tertiary alicyclic amines) is 1. The SMILES string of the molecule is COCC1CCN(C(C)CNC2CCCCC2)C1. The number of hydrogen-bond donors (Lipinski definition) is 1. The van der Waals surface area contributed by atoms with Crippen LogP contribution in [0.4, 0.5) is 0 Å². The molecule has 0 amide bonds. The van der Waals surface area contributed by atoms with Gasteiger partial charge in [0.15, 0.2) is 0 Å². The van der Waals surface area contributed by atoms with E-state index < -0.39 is 0 Å². The quantitative estimate of drug-likeness (QED) is 0.787. The molecule has 1 heterocycles. The molecule has 1 aliphatic heterocycles. The molecule has 3 nitrogen and oxygen atoms in total. The Hall–Kier alpha value is -0.120. The number of nitrogens with one attached hydrogen (secondary N) is 1. The van der Waals surface area contributed by atoms with E-state index in [4.69, 9.17) is 4.74 Å². The van der Waals surface area contributed by atoms with Crippen molar-refractivity contribution in [3.8, 4) is 0 Å². The van der Waals surface area contributed by atoms with Gasteiger partial charge >= 0.3 is 0 Å². The first-order chi connectivity index (χ1) is 8.79. The van der Waals surface area contributed by atoms with E-state index >= 15 is 0 Å². The molecular weight excluding hydrogens is 224 g/mol. The summed E-state index contributed by atoms with van der Waals surface area (Å²) in [7, 11) is 1.82. The van der Waals surface area contributed by atoms with Gasteiger partial charge in [-0.15, -0.1) is 0 Å². The first-order valence-corrected chi connectivity index (χ1v) is 7.76. The minimum atomic E-state index is 0.675. The Bertz CT molecular complexity index is 229. The van der Waals surface area contributed by atoms with Crippen LogP contribution in [0.2, 0.25) is 0 Å². The number of ether oxygens (including phenoxy) is 1. The van der Waals surface area contributed by atoms with E-state index in [1.165, 1.54) is 51.6 Å². The monoisotopic (exact) mass is 254 g/mol. The lowest BCUT2D eigenvalue weighted by Gasteiger charge is -2.29. The number of rotatable bonds is 6. The zero-order chi connectivity index (χ0) is 12.8. The molecule has 106 valence electrons. The zero-order valence-electron chi connectivity index (χ0n) is 12.2. The van der Waals surface area contributed by atoms with Crippen LogP contribution in [-0.4, -0.2) is 50.3 Å². The number of hydrogen-bond acceptors (Lipinski definition) is 3. The van der Waals surface area contributed by atoms with Crippen molar-refractivity contribution < 1.29 is 4.74 Å². The standard InChI is InChI=1S/C15H30N2O/c1-13(10-16-15-6-4-3-5-7-15)17-9-8-14(11-17)12-18-2/h13-16H,3-12H2,1-2H3. The molecule has 2 unspecified atom stereocenters. The Balaban J connectivity index is 1.63. The highest BCUT2D eigenvalue weighted by Crippen LogP contribution is 2.20. The molecule has 1 N–H and O–H groups in total. The number of nitrogens with zero attached hydrogens (tertiary/aromatic N) is 1. The fourth-order valence-electron chi connectivity index (χ4n) is 3.41. The average molecular weight is 254 g/mol. The molecule has 1 saturated carbocycles. The molecule has 1 saturated heterocycles. The second-order valence-electron chi connectivity index (χ2n) is 6.20. The van der Waals surface area contributed by atoms with E-state index in [0.29, 0.717) is 6.04 Å². The van der Waals surface area contributed by atoms with E-state index in [9.17, 15) is 0 Å². The Labute approximate surface area is 112 Å². The average Bonchev–Trinajstić information content (AvgIpc) is 2.86. The summed E-state index contributed by atoms with van der Waals surface area (Å²) in [5, 5.41) is 3.77. The highest BCUT2D eigenvalue weighted by molar-refractivity contribution is 4.82. The van der Waals surface area contributed by atoms with Crippen LogP contribution in [0, 0.1) is 5.92 Å². The van der Waals surface area contributed by atoms with Crippen LogP contribution in [0.5, 0.6) is 0 Å². The maximum Gasteiger partial charge on any atom is 0.0503 e. The second kappa shape index (κ2) is 7.46. The molecule has 0 spiro atoms. The van der Waals surface area contributed by atoms with Crippen molar-refractivity contribution in [1.29, 1.82) is 0 Å². The maximum atomic E-state index is 5.27. The Morgan fingerprint density at radius 2 is 2.00 bits per heavy atom. The molecule has 1 aliphatic carbocycles. The molecule has 0 aromatic heterocycles. The third kappa shape index (κ3) is 4.22. The van der Waals surface area contributed by atoms with E-state index in [1.807, 2.05) is 7.11 Å². The van der Waals surface area contributed by atoms with Gasteiger partial charge in [-0.25, -0.2) is 0 Å². The molecule has 2 rings (SSSR count). The van der Waals surface area contributed by atoms with Crippen molar-refractivity contribution in [2.75, 3.05) is 33.4 Å². The van der Waals surface area contributed by atoms with Gasteiger partial charge < -0.3 is 10.1 Å². The fourth-order valence-corrected chi connectivity index (χ4v) is 3.41. The van der Waals surface area contributed by atoms with Crippen LogP contribution >= 0.6 is 0 Å². The summed E-state index contributed by atoms with van der Waals surface area (Å²) in [5.74, 6) is 0.757. The van der Waals surface area contributed by atoms with Gasteiger partial charge in [0.05, 0.1) is 6.61 Å². The normalized spacial score (nSPS) is 28.7. The molecule has 0 aromatic rings. The molecule has 2 fully saturated rings. The topological polar surface area (TPSA) is 24.5 Å². The van der Waals surface area contributed by atoms with Crippen molar-refractivity contribution in [2.45, 2.75) is 57.5 Å². The minimum Gasteiger partial charge on any atom is -0.384 e. The van der Waals surface area contributed by atoms with Crippen LogP contribution in [0.1, 0.15) is 45.4 Å². The maximum absolute atomic E-state index is 5.27. The van der Waals surface area contributed by atoms with Crippen LogP contribution in [0.15, 0.2) is 0 Å². The Morgan fingerprint density at radius 3 is 2.72 bits per heavy atom. The van der Waals surface area contributed by atoms with Crippen molar-refractivity contribution in [3.63, 3.8) is 0 Å². The van der Waals surface area contributed by atoms with Crippen LogP contribution in [0.3, 0.4) is 0 Å². The van der Waals surface area contributed by atoms with Crippen LogP contribution in [-0.2, 0) is 4.74 Å². The third-order valence-electron chi connectivity index (χ3n) is 4.65. The molecule has 2 atom stereocenters. The van der Waals surface area contributed by atoms with Gasteiger partial charge in [0.1, 0.15) is 0 Å². The molecule has 18 heavy (non-hydrogen) atoms. The van der Waals surface area contributed by atoms with E-state index in [2.05, 4.69) is 17.1 Å². The second-order valence-corrected chi connectivity index (χ2v) is 6.20. The summed E-state index contributed by atoms with van der Waals surface area (Å²) < 4.78 is 5.27. The van der Waals surface area contributed by atoms with Gasteiger partial charge in [0.2, 0.25) is 0 Å². The van der Waals surface area contributed by atoms with Crippen molar-refractivity contribution in [1.82, 2.24) is 10.2 Å². The van der Waals surface area contributed by atoms with Crippen molar-refractivity contribution in [2.24, 2.45) is 5.92 Å². The van der Waals surface area contributed by atoms with Crippen molar-refractivity contribution in [3.05, 3.63) is 0 Å². The summed E-state index contributed by atoms with van der Waals surface area (Å²) >= 11 is 0. The highest BCUT2D eigenvalue weighted by Gasteiger charge is 2.26. The third-order valence-corrected chi connectivity index (χ3v) is 4.65. The van der Waals surface area contributed by atoms with Gasteiger partial charge in [-0.1, -0.05) is 19.3 Å². The lowest BCUT2D eigenvalue weighted by atomic mass is 9.95. The van der Waals surface area contributed by atoms with Gasteiger partial charge in [-0.05, 0) is 38.6 Å². The number of methoxy groups -OCH3 is 1. The smallest absolute Gasteiger partial charge is 0.0503 e. The first kappa shape index (κ1) is 14.3. The summed E-state index contributed by atoms with van der Waals surface area (Å²) in [6, 6.07) is 1.47. The summed E-state index contributed by atoms with van der Waals surface area (Å²) in [5.41, 5.74) is 0. The van der Waals surface area contributed by atoms with Crippen molar-refractivity contribution >= 4 is 0 Å². The first-order valence-electron chi connectivity index (χ1n) is 7.76. The molecule has 0 bridgehead atoms. The predicted octanol–water partition coefficient (Wildman–Crippen LogP) is 2.27. The zero-order valence-corrected chi connectivity index (χ0v) is 12.2.